The first-order valence-electron chi connectivity index (χ1n) is 7.99. The van der Waals surface area contributed by atoms with Crippen LogP contribution in [0.4, 0.5) is 26.3 Å². The molecule has 0 saturated carbocycles. The Labute approximate surface area is 158 Å². The molecule has 1 aromatic carbocycles. The van der Waals surface area contributed by atoms with Crippen LogP contribution in [0.2, 0.25) is 0 Å². The summed E-state index contributed by atoms with van der Waals surface area (Å²) in [7, 11) is 0. The van der Waals surface area contributed by atoms with Crippen LogP contribution in [0, 0.1) is 0 Å². The topological polar surface area (TPSA) is 83.4 Å². The first kappa shape index (κ1) is 20.6. The first-order valence-corrected chi connectivity index (χ1v) is 7.99. The molecule has 0 aliphatic carbocycles. The fourth-order valence-corrected chi connectivity index (χ4v) is 3.23. The van der Waals surface area contributed by atoms with Gasteiger partial charge >= 0.3 is 18.3 Å². The van der Waals surface area contributed by atoms with E-state index in [1.54, 1.807) is 0 Å². The van der Waals surface area contributed by atoms with Crippen molar-refractivity contribution in [3.8, 4) is 0 Å². The summed E-state index contributed by atoms with van der Waals surface area (Å²) < 4.78 is 77.4. The number of halogens is 6. The fourth-order valence-electron chi connectivity index (χ4n) is 3.23. The molecule has 3 rings (SSSR count). The molecule has 1 aliphatic rings. The maximum Gasteiger partial charge on any atom is 0.451 e. The van der Waals surface area contributed by atoms with Crippen molar-refractivity contribution < 1.29 is 41.0 Å². The van der Waals surface area contributed by atoms with Gasteiger partial charge in [0.25, 0.3) is 5.91 Å². The van der Waals surface area contributed by atoms with Crippen molar-refractivity contribution in [3.63, 3.8) is 0 Å². The number of amides is 1. The van der Waals surface area contributed by atoms with Crippen LogP contribution in [0.25, 0.3) is 0 Å². The third kappa shape index (κ3) is 4.00. The van der Waals surface area contributed by atoms with E-state index >= 15 is 0 Å². The van der Waals surface area contributed by atoms with E-state index in [9.17, 15) is 41.0 Å². The summed E-state index contributed by atoms with van der Waals surface area (Å²) in [6.45, 7) is -1.80. The number of aliphatic carboxylic acids is 1. The van der Waals surface area contributed by atoms with Gasteiger partial charge in [0.2, 0.25) is 5.82 Å². The third-order valence-electron chi connectivity index (χ3n) is 4.32. The highest BCUT2D eigenvalue weighted by molar-refractivity contribution is 6.00. The van der Waals surface area contributed by atoms with E-state index < -0.39 is 48.6 Å². The zero-order valence-electron chi connectivity index (χ0n) is 14.2. The van der Waals surface area contributed by atoms with Gasteiger partial charge in [-0.1, -0.05) is 18.2 Å². The summed E-state index contributed by atoms with van der Waals surface area (Å²) in [5.74, 6) is -5.85. The van der Waals surface area contributed by atoms with Crippen molar-refractivity contribution >= 4 is 11.9 Å². The highest BCUT2D eigenvalue weighted by Crippen LogP contribution is 2.43. The average molecular weight is 419 g/mol. The Kier molecular flexibility index (Phi) is 4.97. The van der Waals surface area contributed by atoms with Crippen molar-refractivity contribution in [1.29, 1.82) is 0 Å². The molecule has 2 aromatic rings. The number of aromatic nitrogens is 2. The minimum absolute atomic E-state index is 0.0478. The Balaban J connectivity index is 2.18. The second-order valence-electron chi connectivity index (χ2n) is 6.23. The molecule has 0 fully saturated rings. The molecule has 2 unspecified atom stereocenters. The summed E-state index contributed by atoms with van der Waals surface area (Å²) in [4.78, 5) is 31.0. The minimum Gasteiger partial charge on any atom is -0.481 e. The molecule has 6 nitrogen and oxygen atoms in total. The number of benzene rings is 1. The smallest absolute Gasteiger partial charge is 0.451 e. The second kappa shape index (κ2) is 7.01. The molecular formula is C17H11F6N3O3. The standard InChI is InChI=1S/C17H11F6N3O3/c18-16(19,20)7-26-12(8-5-24-15(25-6-8)17(21,22)23)11(14(28)29)9-3-1-2-4-10(9)13(26)27/h1-6,11-12H,7H2,(H,28,29). The van der Waals surface area contributed by atoms with Crippen LogP contribution >= 0.6 is 0 Å². The number of hydrogen-bond donors (Lipinski definition) is 1. The predicted molar refractivity (Wildman–Crippen MR) is 83.7 cm³/mol. The molecule has 1 N–H and O–H groups in total. The molecule has 0 saturated heterocycles. The first-order chi connectivity index (χ1) is 13.4. The monoisotopic (exact) mass is 419 g/mol. The second-order valence-corrected chi connectivity index (χ2v) is 6.23. The number of rotatable bonds is 3. The summed E-state index contributed by atoms with van der Waals surface area (Å²) in [5.41, 5.74) is -0.640. The SMILES string of the molecule is O=C(O)C1c2ccccc2C(=O)N(CC(F)(F)F)C1c1cnc(C(F)(F)F)nc1. The number of fused-ring (bicyclic) bond motifs is 1. The van der Waals surface area contributed by atoms with Gasteiger partial charge in [0.05, 0.1) is 6.04 Å². The number of carboxylic acid groups (broad SMARTS) is 1. The summed E-state index contributed by atoms with van der Waals surface area (Å²) in [6.07, 6.45) is -8.61. The lowest BCUT2D eigenvalue weighted by molar-refractivity contribution is -0.153. The summed E-state index contributed by atoms with van der Waals surface area (Å²) in [6, 6.07) is 3.48. The Morgan fingerprint density at radius 1 is 1.07 bits per heavy atom. The molecule has 0 spiro atoms. The van der Waals surface area contributed by atoms with Gasteiger partial charge in [-0.15, -0.1) is 0 Å². The van der Waals surface area contributed by atoms with E-state index in [0.717, 1.165) is 0 Å². The average Bonchev–Trinajstić information content (AvgIpc) is 2.62. The highest BCUT2D eigenvalue weighted by Gasteiger charge is 2.48. The molecular weight excluding hydrogens is 408 g/mol. The Hall–Kier alpha value is -3.18. The van der Waals surface area contributed by atoms with Crippen LogP contribution in [-0.4, -0.2) is 44.6 Å². The van der Waals surface area contributed by atoms with Crippen LogP contribution in [0.3, 0.4) is 0 Å². The van der Waals surface area contributed by atoms with Crippen molar-refractivity contribution in [2.75, 3.05) is 6.54 Å². The third-order valence-corrected chi connectivity index (χ3v) is 4.32. The number of carbonyl (C=O) groups is 2. The zero-order valence-corrected chi connectivity index (χ0v) is 14.2. The van der Waals surface area contributed by atoms with E-state index in [1.165, 1.54) is 24.3 Å². The van der Waals surface area contributed by atoms with Gasteiger partial charge < -0.3 is 10.0 Å². The van der Waals surface area contributed by atoms with Gasteiger partial charge in [0.15, 0.2) is 0 Å². The number of alkyl halides is 6. The summed E-state index contributed by atoms with van der Waals surface area (Å²) in [5, 5.41) is 9.66. The molecule has 1 aromatic heterocycles. The summed E-state index contributed by atoms with van der Waals surface area (Å²) >= 11 is 0. The Bertz CT molecular complexity index is 943. The van der Waals surface area contributed by atoms with Crippen LogP contribution in [0.1, 0.15) is 39.3 Å². The quantitative estimate of drug-likeness (QED) is 0.771. The van der Waals surface area contributed by atoms with Crippen LogP contribution in [-0.2, 0) is 11.0 Å². The largest absolute Gasteiger partial charge is 0.481 e. The van der Waals surface area contributed by atoms with Gasteiger partial charge in [-0.05, 0) is 11.6 Å². The molecule has 0 radical (unpaired) electrons. The van der Waals surface area contributed by atoms with E-state index in [1.807, 2.05) is 0 Å². The Morgan fingerprint density at radius 3 is 2.17 bits per heavy atom. The van der Waals surface area contributed by atoms with E-state index in [-0.39, 0.29) is 21.6 Å². The van der Waals surface area contributed by atoms with Gasteiger partial charge in [0, 0.05) is 23.5 Å². The zero-order chi connectivity index (χ0) is 21.6. The minimum atomic E-state index is -4.90. The number of nitrogens with zero attached hydrogens (tertiary/aromatic N) is 3. The van der Waals surface area contributed by atoms with Crippen molar-refractivity contribution in [1.82, 2.24) is 14.9 Å². The fraction of sp³-hybridized carbons (Fsp3) is 0.294. The molecule has 2 atom stereocenters. The van der Waals surface area contributed by atoms with E-state index in [2.05, 4.69) is 9.97 Å². The van der Waals surface area contributed by atoms with Gasteiger partial charge in [-0.2, -0.15) is 26.3 Å². The number of hydrogen-bond acceptors (Lipinski definition) is 4. The van der Waals surface area contributed by atoms with Gasteiger partial charge in [-0.25, -0.2) is 9.97 Å². The van der Waals surface area contributed by atoms with Gasteiger partial charge in [-0.3, -0.25) is 9.59 Å². The number of carbonyl (C=O) groups excluding carboxylic acids is 1. The van der Waals surface area contributed by atoms with Crippen LogP contribution < -0.4 is 0 Å². The lowest BCUT2D eigenvalue weighted by Crippen LogP contribution is -2.48. The maximum atomic E-state index is 13.1. The maximum absolute atomic E-state index is 13.1. The van der Waals surface area contributed by atoms with Crippen LogP contribution in [0.5, 0.6) is 0 Å². The molecule has 0 bridgehead atoms. The number of carboxylic acids is 1. The Morgan fingerprint density at radius 2 is 1.66 bits per heavy atom. The van der Waals surface area contributed by atoms with Gasteiger partial charge in [0.1, 0.15) is 12.5 Å². The molecule has 154 valence electrons. The molecule has 2 heterocycles. The van der Waals surface area contributed by atoms with E-state index in [0.29, 0.717) is 12.4 Å². The molecule has 1 amide bonds. The van der Waals surface area contributed by atoms with Crippen molar-refractivity contribution in [2.24, 2.45) is 0 Å². The molecule has 1 aliphatic heterocycles. The molecule has 12 heteroatoms. The lowest BCUT2D eigenvalue weighted by Gasteiger charge is -2.40. The van der Waals surface area contributed by atoms with Crippen molar-refractivity contribution in [2.45, 2.75) is 24.3 Å². The van der Waals surface area contributed by atoms with E-state index in [4.69, 9.17) is 0 Å². The van der Waals surface area contributed by atoms with Crippen LogP contribution in [0.15, 0.2) is 36.7 Å². The van der Waals surface area contributed by atoms with Crippen molar-refractivity contribution in [3.05, 3.63) is 59.2 Å². The molecule has 29 heavy (non-hydrogen) atoms. The normalized spacial score (nSPS) is 19.8. The highest BCUT2D eigenvalue weighted by atomic mass is 19.4. The lowest BCUT2D eigenvalue weighted by atomic mass is 9.80. The predicted octanol–water partition coefficient (Wildman–Crippen LogP) is 3.42.